The lowest BCUT2D eigenvalue weighted by atomic mass is 10.1. The third kappa shape index (κ3) is 3.60. The molecule has 0 saturated heterocycles. The van der Waals surface area contributed by atoms with Crippen molar-refractivity contribution in [2.75, 3.05) is 0 Å². The van der Waals surface area contributed by atoms with Gasteiger partial charge in [0, 0.05) is 35.4 Å². The van der Waals surface area contributed by atoms with Crippen LogP contribution in [-0.2, 0) is 17.8 Å². The summed E-state index contributed by atoms with van der Waals surface area (Å²) in [5, 5.41) is 12.0. The number of carbonyl (C=O) groups is 1. The van der Waals surface area contributed by atoms with Crippen LogP contribution in [0.1, 0.15) is 25.6 Å². The van der Waals surface area contributed by atoms with Crippen LogP contribution in [0.25, 0.3) is 21.3 Å². The lowest BCUT2D eigenvalue weighted by Gasteiger charge is -2.11. The Morgan fingerprint density at radius 1 is 1.32 bits per heavy atom. The third-order valence-electron chi connectivity index (χ3n) is 4.02. The first kappa shape index (κ1) is 17.6. The number of carboxylic acids is 1. The van der Waals surface area contributed by atoms with Gasteiger partial charge in [-0.2, -0.15) is 0 Å². The highest BCUT2D eigenvalue weighted by Gasteiger charge is 2.16. The fraction of sp³-hybridized carbons (Fsp3) is 0.278. The molecule has 3 rings (SSSR count). The second kappa shape index (κ2) is 7.37. The van der Waals surface area contributed by atoms with E-state index >= 15 is 0 Å². The first-order valence-electron chi connectivity index (χ1n) is 8.00. The molecule has 0 fully saturated rings. The number of benzene rings is 1. The molecule has 7 heteroatoms. The molecule has 0 amide bonds. The molecule has 130 valence electrons. The second-order valence-electron chi connectivity index (χ2n) is 5.67. The number of rotatable bonds is 6. The Hall–Kier alpha value is -2.18. The fourth-order valence-electron chi connectivity index (χ4n) is 2.80. The topological polar surface area (TPSA) is 72.2 Å². The van der Waals surface area contributed by atoms with E-state index in [9.17, 15) is 9.59 Å². The zero-order chi connectivity index (χ0) is 18.0. The van der Waals surface area contributed by atoms with Crippen LogP contribution in [-0.4, -0.2) is 20.6 Å². The van der Waals surface area contributed by atoms with Crippen molar-refractivity contribution in [1.29, 1.82) is 0 Å². The smallest absolute Gasteiger partial charge is 0.303 e. The Balaban J connectivity index is 2.11. The number of halogens is 1. The molecule has 0 aliphatic carbocycles. The molecule has 1 N–H and O–H groups in total. The Labute approximate surface area is 153 Å². The second-order valence-corrected chi connectivity index (χ2v) is 6.97. The average molecular weight is 377 g/mol. The van der Waals surface area contributed by atoms with Crippen molar-refractivity contribution in [3.05, 3.63) is 50.8 Å². The van der Waals surface area contributed by atoms with Crippen molar-refractivity contribution >= 4 is 39.1 Å². The molecule has 2 heterocycles. The number of aromatic nitrogens is 2. The molecule has 0 saturated carbocycles. The molecule has 2 aromatic heterocycles. The Kier molecular flexibility index (Phi) is 5.20. The minimum Gasteiger partial charge on any atom is -0.481 e. The summed E-state index contributed by atoms with van der Waals surface area (Å²) in [6.45, 7) is 2.29. The summed E-state index contributed by atoms with van der Waals surface area (Å²) >= 11 is 7.39. The molecule has 3 aromatic rings. The summed E-state index contributed by atoms with van der Waals surface area (Å²) in [6.07, 6.45) is 1.05. The van der Waals surface area contributed by atoms with E-state index in [1.807, 2.05) is 24.4 Å². The van der Waals surface area contributed by atoms with Gasteiger partial charge in [-0.1, -0.05) is 30.7 Å². The van der Waals surface area contributed by atoms with Crippen molar-refractivity contribution in [3.63, 3.8) is 0 Å². The van der Waals surface area contributed by atoms with Gasteiger partial charge < -0.3 is 5.11 Å². The van der Waals surface area contributed by atoms with E-state index in [0.29, 0.717) is 40.5 Å². The zero-order valence-corrected chi connectivity index (χ0v) is 15.2. The molecular weight excluding hydrogens is 360 g/mol. The highest BCUT2D eigenvalue weighted by molar-refractivity contribution is 7.17. The average Bonchev–Trinajstić information content (AvgIpc) is 3.01. The van der Waals surface area contributed by atoms with Crippen LogP contribution in [0.4, 0.5) is 0 Å². The van der Waals surface area contributed by atoms with E-state index in [1.165, 1.54) is 11.3 Å². The van der Waals surface area contributed by atoms with E-state index in [2.05, 4.69) is 4.98 Å². The van der Waals surface area contributed by atoms with Crippen LogP contribution in [0.3, 0.4) is 0 Å². The van der Waals surface area contributed by atoms with Crippen molar-refractivity contribution in [3.8, 4) is 11.1 Å². The van der Waals surface area contributed by atoms with Crippen LogP contribution in [0.2, 0.25) is 5.02 Å². The van der Waals surface area contributed by atoms with Crippen molar-refractivity contribution in [2.45, 2.75) is 32.7 Å². The monoisotopic (exact) mass is 376 g/mol. The fourth-order valence-corrected chi connectivity index (χ4v) is 3.88. The maximum absolute atomic E-state index is 13.1. The van der Waals surface area contributed by atoms with Gasteiger partial charge in [0.2, 0.25) is 0 Å². The lowest BCUT2D eigenvalue weighted by molar-refractivity contribution is -0.137. The summed E-state index contributed by atoms with van der Waals surface area (Å²) in [6, 6.07) is 7.34. The maximum Gasteiger partial charge on any atom is 0.303 e. The quantitative estimate of drug-likeness (QED) is 0.699. The van der Waals surface area contributed by atoms with Gasteiger partial charge >= 0.3 is 5.97 Å². The molecular formula is C18H17ClN2O3S. The molecule has 5 nitrogen and oxygen atoms in total. The van der Waals surface area contributed by atoms with Gasteiger partial charge in [0.15, 0.2) is 0 Å². The number of hydrogen-bond acceptors (Lipinski definition) is 4. The number of hydrogen-bond donors (Lipinski definition) is 1. The van der Waals surface area contributed by atoms with E-state index in [1.54, 1.807) is 16.7 Å². The van der Waals surface area contributed by atoms with E-state index in [-0.39, 0.29) is 12.0 Å². The number of aryl methyl sites for hydroxylation is 1. The van der Waals surface area contributed by atoms with E-state index in [4.69, 9.17) is 16.7 Å². The SMILES string of the molecule is CCc1nc2scc(-c3ccc(Cl)cc3)c2c(=O)n1CCCC(=O)O. The molecule has 1 aromatic carbocycles. The van der Waals surface area contributed by atoms with Gasteiger partial charge in [-0.25, -0.2) is 4.98 Å². The van der Waals surface area contributed by atoms with Crippen molar-refractivity contribution in [1.82, 2.24) is 9.55 Å². The van der Waals surface area contributed by atoms with Gasteiger partial charge in [-0.05, 0) is 24.1 Å². The lowest BCUT2D eigenvalue weighted by Crippen LogP contribution is -2.25. The standard InChI is InChI=1S/C18H17ClN2O3S/c1-2-14-20-17-16(18(24)21(14)9-3-4-15(22)23)13(10-25-17)11-5-7-12(19)8-6-11/h5-8,10H,2-4,9H2,1H3,(H,22,23). The van der Waals surface area contributed by atoms with Crippen LogP contribution in [0, 0.1) is 0 Å². The minimum absolute atomic E-state index is 0.0291. The molecule has 0 spiro atoms. The predicted molar refractivity (Wildman–Crippen MR) is 101 cm³/mol. The predicted octanol–water partition coefficient (Wildman–Crippen LogP) is 4.21. The van der Waals surface area contributed by atoms with Gasteiger partial charge in [0.05, 0.1) is 5.39 Å². The first-order valence-corrected chi connectivity index (χ1v) is 9.25. The summed E-state index contributed by atoms with van der Waals surface area (Å²) in [5.74, 6) is -0.176. The van der Waals surface area contributed by atoms with E-state index < -0.39 is 5.97 Å². The highest BCUT2D eigenvalue weighted by atomic mass is 35.5. The molecule has 0 radical (unpaired) electrons. The maximum atomic E-state index is 13.1. The minimum atomic E-state index is -0.863. The van der Waals surface area contributed by atoms with Gasteiger partial charge in [-0.3, -0.25) is 14.2 Å². The first-order chi connectivity index (χ1) is 12.0. The molecule has 0 atom stereocenters. The third-order valence-corrected chi connectivity index (χ3v) is 5.14. The van der Waals surface area contributed by atoms with Gasteiger partial charge in [0.1, 0.15) is 10.7 Å². The van der Waals surface area contributed by atoms with Crippen LogP contribution < -0.4 is 5.56 Å². The number of nitrogens with zero attached hydrogens (tertiary/aromatic N) is 2. The normalized spacial score (nSPS) is 11.1. The van der Waals surface area contributed by atoms with Crippen LogP contribution in [0.15, 0.2) is 34.4 Å². The van der Waals surface area contributed by atoms with Crippen LogP contribution in [0.5, 0.6) is 0 Å². The number of aliphatic carboxylic acids is 1. The number of fused-ring (bicyclic) bond motifs is 1. The zero-order valence-electron chi connectivity index (χ0n) is 13.7. The van der Waals surface area contributed by atoms with Crippen LogP contribution >= 0.6 is 22.9 Å². The molecule has 0 aliphatic rings. The molecule has 0 aliphatic heterocycles. The Morgan fingerprint density at radius 2 is 2.04 bits per heavy atom. The molecule has 0 bridgehead atoms. The largest absolute Gasteiger partial charge is 0.481 e. The number of carboxylic acid groups (broad SMARTS) is 1. The van der Waals surface area contributed by atoms with E-state index in [0.717, 1.165) is 11.1 Å². The summed E-state index contributed by atoms with van der Waals surface area (Å²) in [5.41, 5.74) is 1.64. The highest BCUT2D eigenvalue weighted by Crippen LogP contribution is 2.31. The Morgan fingerprint density at radius 3 is 2.68 bits per heavy atom. The van der Waals surface area contributed by atoms with Crippen molar-refractivity contribution in [2.24, 2.45) is 0 Å². The van der Waals surface area contributed by atoms with Gasteiger partial charge in [0.25, 0.3) is 5.56 Å². The Bertz CT molecular complexity index is 976. The van der Waals surface area contributed by atoms with Crippen molar-refractivity contribution < 1.29 is 9.90 Å². The summed E-state index contributed by atoms with van der Waals surface area (Å²) < 4.78 is 1.61. The molecule has 25 heavy (non-hydrogen) atoms. The summed E-state index contributed by atoms with van der Waals surface area (Å²) in [4.78, 5) is 29.2. The molecule has 0 unspecified atom stereocenters. The van der Waals surface area contributed by atoms with Gasteiger partial charge in [-0.15, -0.1) is 11.3 Å². The summed E-state index contributed by atoms with van der Waals surface area (Å²) in [7, 11) is 0. The number of thiophene rings is 1.